The molecule has 2 heterocycles. The summed E-state index contributed by atoms with van der Waals surface area (Å²) in [5.41, 5.74) is 7.36. The number of aryl methyl sites for hydroxylation is 1. The van der Waals surface area contributed by atoms with Gasteiger partial charge in [-0.1, -0.05) is 13.3 Å². The number of hydrogen-bond donors (Lipinski definition) is 2. The van der Waals surface area contributed by atoms with E-state index < -0.39 is 0 Å². The van der Waals surface area contributed by atoms with Crippen LogP contribution in [0.3, 0.4) is 0 Å². The van der Waals surface area contributed by atoms with Gasteiger partial charge in [-0.15, -0.1) is 0 Å². The summed E-state index contributed by atoms with van der Waals surface area (Å²) >= 11 is 0. The third kappa shape index (κ3) is 1.56. The fraction of sp³-hybridized carbons (Fsp3) is 0.583. The third-order valence-electron chi connectivity index (χ3n) is 3.77. The molecule has 1 aliphatic rings. The maximum Gasteiger partial charge on any atom is 0.277 e. The van der Waals surface area contributed by atoms with Crippen LogP contribution in [0.1, 0.15) is 43.6 Å². The minimum Gasteiger partial charge on any atom is -0.327 e. The van der Waals surface area contributed by atoms with Crippen LogP contribution in [-0.4, -0.2) is 25.6 Å². The SMILES string of the molecule is CCc1nc(C2CCCC2N)n2nc[nH]c(=O)c12. The highest BCUT2D eigenvalue weighted by molar-refractivity contribution is 5.50. The topological polar surface area (TPSA) is 89.1 Å². The molecule has 0 saturated heterocycles. The first-order valence-electron chi connectivity index (χ1n) is 6.43. The van der Waals surface area contributed by atoms with E-state index in [-0.39, 0.29) is 17.5 Å². The zero-order chi connectivity index (χ0) is 12.7. The second-order valence-electron chi connectivity index (χ2n) is 4.85. The number of nitrogens with one attached hydrogen (secondary N) is 1. The predicted molar refractivity (Wildman–Crippen MR) is 67.6 cm³/mol. The second kappa shape index (κ2) is 4.20. The van der Waals surface area contributed by atoms with Gasteiger partial charge in [-0.05, 0) is 19.3 Å². The summed E-state index contributed by atoms with van der Waals surface area (Å²) in [6.07, 6.45) is 5.30. The summed E-state index contributed by atoms with van der Waals surface area (Å²) < 4.78 is 1.67. The van der Waals surface area contributed by atoms with Crippen molar-refractivity contribution in [1.82, 2.24) is 19.6 Å². The second-order valence-corrected chi connectivity index (χ2v) is 4.85. The van der Waals surface area contributed by atoms with Crippen LogP contribution in [0.5, 0.6) is 0 Å². The van der Waals surface area contributed by atoms with Crippen LogP contribution in [0.25, 0.3) is 5.52 Å². The molecule has 1 fully saturated rings. The summed E-state index contributed by atoms with van der Waals surface area (Å²) in [6, 6.07) is 0.126. The van der Waals surface area contributed by atoms with E-state index in [0.29, 0.717) is 5.52 Å². The molecule has 0 amide bonds. The Hall–Kier alpha value is -1.69. The molecule has 6 heteroatoms. The first-order valence-corrected chi connectivity index (χ1v) is 6.43. The Morgan fingerprint density at radius 3 is 3.06 bits per heavy atom. The molecule has 0 bridgehead atoms. The molecule has 0 radical (unpaired) electrons. The van der Waals surface area contributed by atoms with Crippen molar-refractivity contribution in [2.75, 3.05) is 0 Å². The van der Waals surface area contributed by atoms with E-state index in [0.717, 1.165) is 37.2 Å². The van der Waals surface area contributed by atoms with Crippen LogP contribution in [-0.2, 0) is 6.42 Å². The van der Waals surface area contributed by atoms with Crippen LogP contribution in [0.2, 0.25) is 0 Å². The third-order valence-corrected chi connectivity index (χ3v) is 3.77. The van der Waals surface area contributed by atoms with E-state index >= 15 is 0 Å². The van der Waals surface area contributed by atoms with E-state index in [1.54, 1.807) is 4.52 Å². The molecule has 2 aromatic rings. The fourth-order valence-electron chi connectivity index (χ4n) is 2.83. The lowest BCUT2D eigenvalue weighted by Gasteiger charge is -2.12. The molecule has 18 heavy (non-hydrogen) atoms. The molecule has 3 rings (SSSR count). The summed E-state index contributed by atoms with van der Waals surface area (Å²) in [5.74, 6) is 1.06. The molecular formula is C12H17N5O. The van der Waals surface area contributed by atoms with Gasteiger partial charge < -0.3 is 10.7 Å². The number of hydrogen-bond acceptors (Lipinski definition) is 4. The predicted octanol–water partition coefficient (Wildman–Crippen LogP) is 0.575. The Morgan fingerprint density at radius 1 is 1.56 bits per heavy atom. The van der Waals surface area contributed by atoms with Crippen molar-refractivity contribution in [3.63, 3.8) is 0 Å². The van der Waals surface area contributed by atoms with Gasteiger partial charge in [0.2, 0.25) is 0 Å². The van der Waals surface area contributed by atoms with Crippen LogP contribution in [0.4, 0.5) is 0 Å². The lowest BCUT2D eigenvalue weighted by Crippen LogP contribution is -2.25. The van der Waals surface area contributed by atoms with Crippen LogP contribution < -0.4 is 11.3 Å². The number of aromatic amines is 1. The van der Waals surface area contributed by atoms with Crippen LogP contribution in [0.15, 0.2) is 11.1 Å². The van der Waals surface area contributed by atoms with Gasteiger partial charge in [0, 0.05) is 12.0 Å². The molecule has 96 valence electrons. The summed E-state index contributed by atoms with van der Waals surface area (Å²) in [4.78, 5) is 19.1. The van der Waals surface area contributed by atoms with Gasteiger partial charge in [-0.3, -0.25) is 4.79 Å². The summed E-state index contributed by atoms with van der Waals surface area (Å²) in [5, 5.41) is 4.23. The highest BCUT2D eigenvalue weighted by atomic mass is 16.1. The van der Waals surface area contributed by atoms with E-state index in [1.165, 1.54) is 6.33 Å². The van der Waals surface area contributed by atoms with Crippen molar-refractivity contribution in [3.8, 4) is 0 Å². The van der Waals surface area contributed by atoms with Crippen molar-refractivity contribution >= 4 is 5.52 Å². The van der Waals surface area contributed by atoms with Gasteiger partial charge in [0.15, 0.2) is 5.52 Å². The van der Waals surface area contributed by atoms with Gasteiger partial charge in [0.25, 0.3) is 5.56 Å². The largest absolute Gasteiger partial charge is 0.327 e. The molecule has 2 unspecified atom stereocenters. The highest BCUT2D eigenvalue weighted by Crippen LogP contribution is 2.32. The van der Waals surface area contributed by atoms with Crippen LogP contribution in [0, 0.1) is 0 Å². The monoisotopic (exact) mass is 247 g/mol. The number of imidazole rings is 1. The zero-order valence-electron chi connectivity index (χ0n) is 10.4. The molecular weight excluding hydrogens is 230 g/mol. The first kappa shape index (κ1) is 11.4. The molecule has 2 atom stereocenters. The van der Waals surface area contributed by atoms with Gasteiger partial charge >= 0.3 is 0 Å². The number of nitrogens with zero attached hydrogens (tertiary/aromatic N) is 3. The summed E-state index contributed by atoms with van der Waals surface area (Å²) in [6.45, 7) is 1.99. The quantitative estimate of drug-likeness (QED) is 0.812. The minimum atomic E-state index is -0.132. The molecule has 0 aliphatic heterocycles. The molecule has 2 aromatic heterocycles. The Kier molecular flexibility index (Phi) is 2.66. The number of aromatic nitrogens is 4. The normalized spacial score (nSPS) is 23.9. The lowest BCUT2D eigenvalue weighted by molar-refractivity contribution is 0.565. The molecule has 6 nitrogen and oxygen atoms in total. The lowest BCUT2D eigenvalue weighted by atomic mass is 10.0. The van der Waals surface area contributed by atoms with Gasteiger partial charge in [-0.25, -0.2) is 9.50 Å². The molecule has 1 saturated carbocycles. The van der Waals surface area contributed by atoms with E-state index in [2.05, 4.69) is 15.1 Å². The van der Waals surface area contributed by atoms with Gasteiger partial charge in [0.1, 0.15) is 12.2 Å². The fourth-order valence-corrected chi connectivity index (χ4v) is 2.83. The Labute approximate surface area is 104 Å². The molecule has 0 spiro atoms. The molecule has 0 aromatic carbocycles. The Balaban J connectivity index is 2.24. The smallest absolute Gasteiger partial charge is 0.277 e. The van der Waals surface area contributed by atoms with Gasteiger partial charge in [0.05, 0.1) is 5.69 Å². The number of rotatable bonds is 2. The summed E-state index contributed by atoms with van der Waals surface area (Å²) in [7, 11) is 0. The standard InChI is InChI=1S/C12H17N5O/c1-2-9-10-12(18)14-6-15-17(10)11(16-9)7-4-3-5-8(7)13/h6-8H,2-5,13H2,1H3,(H,14,15,18). The van der Waals surface area contributed by atoms with E-state index in [1.807, 2.05) is 6.92 Å². The van der Waals surface area contributed by atoms with E-state index in [4.69, 9.17) is 5.73 Å². The zero-order valence-corrected chi connectivity index (χ0v) is 10.4. The van der Waals surface area contributed by atoms with Crippen molar-refractivity contribution in [2.45, 2.75) is 44.6 Å². The van der Waals surface area contributed by atoms with Crippen molar-refractivity contribution < 1.29 is 0 Å². The maximum absolute atomic E-state index is 11.9. The number of fused-ring (bicyclic) bond motifs is 1. The minimum absolute atomic E-state index is 0.126. The average molecular weight is 247 g/mol. The Bertz CT molecular complexity index is 629. The number of H-pyrrole nitrogens is 1. The van der Waals surface area contributed by atoms with Crippen LogP contribution >= 0.6 is 0 Å². The number of nitrogens with two attached hydrogens (primary N) is 1. The molecule has 1 aliphatic carbocycles. The highest BCUT2D eigenvalue weighted by Gasteiger charge is 2.30. The average Bonchev–Trinajstić information content (AvgIpc) is 2.93. The first-order chi connectivity index (χ1) is 8.72. The van der Waals surface area contributed by atoms with E-state index in [9.17, 15) is 4.79 Å². The van der Waals surface area contributed by atoms with Crippen molar-refractivity contribution in [1.29, 1.82) is 0 Å². The molecule has 3 N–H and O–H groups in total. The maximum atomic E-state index is 11.9. The van der Waals surface area contributed by atoms with Crippen molar-refractivity contribution in [3.05, 3.63) is 28.2 Å². The van der Waals surface area contributed by atoms with Crippen molar-refractivity contribution in [2.24, 2.45) is 5.73 Å². The Morgan fingerprint density at radius 2 is 2.39 bits per heavy atom. The van der Waals surface area contributed by atoms with Gasteiger partial charge in [-0.2, -0.15) is 5.10 Å².